The number of hydrogen-bond acceptors (Lipinski definition) is 6. The summed E-state index contributed by atoms with van der Waals surface area (Å²) in [5.74, 6) is -1.18. The first-order valence-corrected chi connectivity index (χ1v) is 4.43. The molecule has 2 rings (SSSR count). The van der Waals surface area contributed by atoms with E-state index >= 15 is 0 Å². The fraction of sp³-hybridized carbons (Fsp3) is 0.111. The molecule has 0 saturated carbocycles. The number of nitrogens with one attached hydrogen (secondary N) is 2. The molecule has 1 aromatic heterocycles. The number of rotatable bonds is 2. The van der Waals surface area contributed by atoms with Gasteiger partial charge >= 0.3 is 5.97 Å². The molecule has 7 heteroatoms. The highest BCUT2D eigenvalue weighted by Crippen LogP contribution is 2.17. The van der Waals surface area contributed by atoms with Crippen LogP contribution in [-0.2, 0) is 4.74 Å². The van der Waals surface area contributed by atoms with Crippen LogP contribution in [-0.4, -0.2) is 18.1 Å². The number of carbonyl (C=O) groups is 1. The lowest BCUT2D eigenvalue weighted by atomic mass is 10.3. The van der Waals surface area contributed by atoms with Gasteiger partial charge in [-0.05, 0) is 6.07 Å². The Kier molecular flexibility index (Phi) is 2.69. The SMILES string of the molecule is COC(=O)c1cnc(N2C=CNN2)c(F)c1. The average Bonchev–Trinajstić information content (AvgIpc) is 2.81. The van der Waals surface area contributed by atoms with E-state index in [9.17, 15) is 9.18 Å². The maximum atomic E-state index is 13.6. The van der Waals surface area contributed by atoms with Gasteiger partial charge in [-0.25, -0.2) is 19.2 Å². The molecule has 0 amide bonds. The summed E-state index contributed by atoms with van der Waals surface area (Å²) in [6, 6.07) is 1.07. The lowest BCUT2D eigenvalue weighted by Crippen LogP contribution is -2.36. The van der Waals surface area contributed by atoms with Crippen molar-refractivity contribution in [2.75, 3.05) is 12.1 Å². The van der Waals surface area contributed by atoms with Crippen molar-refractivity contribution in [3.8, 4) is 0 Å². The maximum Gasteiger partial charge on any atom is 0.339 e. The highest BCUT2D eigenvalue weighted by Gasteiger charge is 2.16. The van der Waals surface area contributed by atoms with E-state index in [-0.39, 0.29) is 11.4 Å². The second kappa shape index (κ2) is 4.15. The van der Waals surface area contributed by atoms with Gasteiger partial charge in [-0.15, -0.1) is 5.53 Å². The molecule has 1 aliphatic rings. The third-order valence-corrected chi connectivity index (χ3v) is 1.96. The summed E-state index contributed by atoms with van der Waals surface area (Å²) in [5, 5.41) is 1.34. The summed E-state index contributed by atoms with van der Waals surface area (Å²) in [6.45, 7) is 0. The van der Waals surface area contributed by atoms with Crippen molar-refractivity contribution in [1.82, 2.24) is 15.9 Å². The van der Waals surface area contributed by atoms with Crippen LogP contribution < -0.4 is 16.0 Å². The van der Waals surface area contributed by atoms with Crippen LogP contribution >= 0.6 is 0 Å². The molecule has 0 radical (unpaired) electrons. The van der Waals surface area contributed by atoms with Crippen LogP contribution in [0.1, 0.15) is 10.4 Å². The summed E-state index contributed by atoms with van der Waals surface area (Å²) in [6.07, 6.45) is 4.39. The molecule has 0 atom stereocenters. The minimum absolute atomic E-state index is 0.0638. The van der Waals surface area contributed by atoms with Gasteiger partial charge in [0, 0.05) is 18.6 Å². The number of anilines is 1. The number of halogens is 1. The molecule has 0 aromatic carbocycles. The van der Waals surface area contributed by atoms with E-state index < -0.39 is 11.8 Å². The molecule has 1 aliphatic heterocycles. The third-order valence-electron chi connectivity index (χ3n) is 1.96. The molecule has 0 bridgehead atoms. The Balaban J connectivity index is 2.29. The van der Waals surface area contributed by atoms with E-state index in [0.717, 1.165) is 6.07 Å². The molecule has 6 nitrogen and oxygen atoms in total. The monoisotopic (exact) mass is 224 g/mol. The van der Waals surface area contributed by atoms with E-state index in [4.69, 9.17) is 0 Å². The van der Waals surface area contributed by atoms with Crippen molar-refractivity contribution in [2.24, 2.45) is 0 Å². The number of carbonyl (C=O) groups excluding carboxylic acids is 1. The standard InChI is InChI=1S/C9H9FN4O2/c1-16-9(15)6-4-7(10)8(11-5-6)14-3-2-12-13-14/h2-5,12-13H,1H3. The number of pyridine rings is 1. The second-order valence-electron chi connectivity index (χ2n) is 2.96. The highest BCUT2D eigenvalue weighted by atomic mass is 19.1. The summed E-state index contributed by atoms with van der Waals surface area (Å²) in [7, 11) is 1.23. The molecule has 0 fully saturated rings. The van der Waals surface area contributed by atoms with Crippen LogP contribution in [0.4, 0.5) is 10.2 Å². The Morgan fingerprint density at radius 1 is 1.62 bits per heavy atom. The van der Waals surface area contributed by atoms with Gasteiger partial charge in [0.15, 0.2) is 11.6 Å². The third kappa shape index (κ3) is 1.80. The minimum Gasteiger partial charge on any atom is -0.465 e. The average molecular weight is 224 g/mol. The molecule has 84 valence electrons. The zero-order chi connectivity index (χ0) is 11.5. The van der Waals surface area contributed by atoms with E-state index in [2.05, 4.69) is 20.7 Å². The van der Waals surface area contributed by atoms with Gasteiger partial charge in [-0.2, -0.15) is 0 Å². The minimum atomic E-state index is -0.624. The fourth-order valence-electron chi connectivity index (χ4n) is 1.22. The highest BCUT2D eigenvalue weighted by molar-refractivity contribution is 5.89. The Morgan fingerprint density at radius 2 is 2.44 bits per heavy atom. The molecule has 0 saturated heterocycles. The van der Waals surface area contributed by atoms with E-state index in [1.54, 1.807) is 12.4 Å². The van der Waals surface area contributed by atoms with Crippen LogP contribution in [0.25, 0.3) is 0 Å². The summed E-state index contributed by atoms with van der Waals surface area (Å²) < 4.78 is 18.0. The molecule has 1 aromatic rings. The van der Waals surface area contributed by atoms with Crippen molar-refractivity contribution >= 4 is 11.8 Å². The fourth-order valence-corrected chi connectivity index (χ4v) is 1.22. The Bertz CT molecular complexity index is 449. The van der Waals surface area contributed by atoms with Crippen LogP contribution in [0.15, 0.2) is 24.7 Å². The molecular weight excluding hydrogens is 215 g/mol. The van der Waals surface area contributed by atoms with E-state index in [1.165, 1.54) is 18.3 Å². The number of ether oxygens (including phenoxy) is 1. The lowest BCUT2D eigenvalue weighted by molar-refractivity contribution is 0.0599. The zero-order valence-electron chi connectivity index (χ0n) is 8.40. The van der Waals surface area contributed by atoms with Gasteiger partial charge in [-0.3, -0.25) is 0 Å². The van der Waals surface area contributed by atoms with Crippen molar-refractivity contribution in [2.45, 2.75) is 0 Å². The van der Waals surface area contributed by atoms with Crippen LogP contribution in [0.2, 0.25) is 0 Å². The Labute approximate surface area is 90.7 Å². The summed E-state index contributed by atoms with van der Waals surface area (Å²) >= 11 is 0. The van der Waals surface area contributed by atoms with Crippen LogP contribution in [0.3, 0.4) is 0 Å². The van der Waals surface area contributed by atoms with Gasteiger partial charge in [0.05, 0.1) is 12.7 Å². The summed E-state index contributed by atoms with van der Waals surface area (Å²) in [4.78, 5) is 14.9. The van der Waals surface area contributed by atoms with E-state index in [0.29, 0.717) is 0 Å². The van der Waals surface area contributed by atoms with Crippen molar-refractivity contribution in [3.63, 3.8) is 0 Å². The largest absolute Gasteiger partial charge is 0.465 e. The lowest BCUT2D eigenvalue weighted by Gasteiger charge is -2.14. The number of nitrogens with zero attached hydrogens (tertiary/aromatic N) is 2. The van der Waals surface area contributed by atoms with Gasteiger partial charge < -0.3 is 10.2 Å². The van der Waals surface area contributed by atoms with Gasteiger partial charge in [0.1, 0.15) is 0 Å². The zero-order valence-corrected chi connectivity index (χ0v) is 8.40. The smallest absolute Gasteiger partial charge is 0.339 e. The predicted molar refractivity (Wildman–Crippen MR) is 53.4 cm³/mol. The van der Waals surface area contributed by atoms with Crippen molar-refractivity contribution in [1.29, 1.82) is 0 Å². The van der Waals surface area contributed by atoms with Gasteiger partial charge in [-0.1, -0.05) is 0 Å². The molecule has 0 spiro atoms. The van der Waals surface area contributed by atoms with E-state index in [1.807, 2.05) is 0 Å². The normalized spacial score (nSPS) is 13.8. The van der Waals surface area contributed by atoms with Gasteiger partial charge in [0.25, 0.3) is 0 Å². The predicted octanol–water partition coefficient (Wildman–Crippen LogP) is 0.308. The quantitative estimate of drug-likeness (QED) is 0.705. The van der Waals surface area contributed by atoms with Crippen LogP contribution in [0, 0.1) is 5.82 Å². The van der Waals surface area contributed by atoms with Crippen molar-refractivity contribution in [3.05, 3.63) is 36.0 Å². The number of esters is 1. The Morgan fingerprint density at radius 3 is 3.00 bits per heavy atom. The molecule has 0 aliphatic carbocycles. The molecule has 2 heterocycles. The maximum absolute atomic E-state index is 13.6. The molecule has 2 N–H and O–H groups in total. The van der Waals surface area contributed by atoms with Gasteiger partial charge in [0.2, 0.25) is 0 Å². The topological polar surface area (TPSA) is 66.5 Å². The first-order chi connectivity index (χ1) is 7.72. The number of hydrazine groups is 2. The summed E-state index contributed by atoms with van der Waals surface area (Å²) in [5.41, 5.74) is 5.34. The number of aromatic nitrogens is 1. The number of methoxy groups -OCH3 is 1. The second-order valence-corrected chi connectivity index (χ2v) is 2.96. The Hall–Kier alpha value is -2.15. The van der Waals surface area contributed by atoms with Crippen molar-refractivity contribution < 1.29 is 13.9 Å². The molecule has 16 heavy (non-hydrogen) atoms. The molecular formula is C9H9FN4O2. The first kappa shape index (κ1) is 10.4. The first-order valence-electron chi connectivity index (χ1n) is 4.43. The number of hydrogen-bond donors (Lipinski definition) is 2. The van der Waals surface area contributed by atoms with Crippen LogP contribution in [0.5, 0.6) is 0 Å². The molecule has 0 unspecified atom stereocenters.